The quantitative estimate of drug-likeness (QED) is 0.405. The summed E-state index contributed by atoms with van der Waals surface area (Å²) in [5, 5.41) is 0. The van der Waals surface area contributed by atoms with Gasteiger partial charge < -0.3 is 9.47 Å². The van der Waals surface area contributed by atoms with Crippen molar-refractivity contribution < 1.29 is 14.3 Å². The second-order valence-electron chi connectivity index (χ2n) is 3.46. The van der Waals surface area contributed by atoms with Gasteiger partial charge in [-0.05, 0) is 31.8 Å². The third kappa shape index (κ3) is 3.88. The lowest BCUT2D eigenvalue weighted by Gasteiger charge is -2.24. The minimum absolute atomic E-state index is 0.0145. The fraction of sp³-hybridized carbons (Fsp3) is 0.583. The normalized spacial score (nSPS) is 23.8. The topological polar surface area (TPSA) is 35.5 Å². The lowest BCUT2D eigenvalue weighted by molar-refractivity contribution is -0.137. The van der Waals surface area contributed by atoms with Crippen LogP contribution in [0.4, 0.5) is 0 Å². The molecule has 0 bridgehead atoms. The van der Waals surface area contributed by atoms with E-state index in [0.717, 1.165) is 31.4 Å². The molecule has 0 aliphatic carbocycles. The summed E-state index contributed by atoms with van der Waals surface area (Å²) in [6, 6.07) is 0. The Morgan fingerprint density at radius 3 is 3.20 bits per heavy atom. The summed E-state index contributed by atoms with van der Waals surface area (Å²) in [6.45, 7) is 6.66. The highest BCUT2D eigenvalue weighted by Gasteiger charge is 2.19. The van der Waals surface area contributed by atoms with Crippen LogP contribution >= 0.6 is 0 Å². The minimum Gasteiger partial charge on any atom is -0.463 e. The molecule has 0 amide bonds. The fourth-order valence-electron chi connectivity index (χ4n) is 1.64. The molecule has 1 saturated heterocycles. The number of hydrogen-bond acceptors (Lipinski definition) is 3. The van der Waals surface area contributed by atoms with E-state index in [1.54, 1.807) is 13.0 Å². The molecule has 1 aliphatic rings. The van der Waals surface area contributed by atoms with Crippen LogP contribution in [0.2, 0.25) is 0 Å². The predicted octanol–water partition coefficient (Wildman–Crippen LogP) is 2.23. The molecule has 1 fully saturated rings. The summed E-state index contributed by atoms with van der Waals surface area (Å²) in [5.41, 5.74) is 1.03. The van der Waals surface area contributed by atoms with Crippen molar-refractivity contribution in [1.29, 1.82) is 0 Å². The van der Waals surface area contributed by atoms with Gasteiger partial charge in [0, 0.05) is 12.7 Å². The summed E-state index contributed by atoms with van der Waals surface area (Å²) >= 11 is 0. The van der Waals surface area contributed by atoms with Crippen molar-refractivity contribution in [3.05, 3.63) is 24.3 Å². The molecule has 1 atom stereocenters. The number of ether oxygens (including phenoxy) is 2. The molecule has 3 heteroatoms. The van der Waals surface area contributed by atoms with Gasteiger partial charge in [0.25, 0.3) is 0 Å². The zero-order valence-corrected chi connectivity index (χ0v) is 9.20. The molecule has 1 rings (SSSR count). The second-order valence-corrected chi connectivity index (χ2v) is 3.46. The molecule has 1 unspecified atom stereocenters. The average Bonchev–Trinajstić information content (AvgIpc) is 2.21. The maximum absolute atomic E-state index is 11.3. The van der Waals surface area contributed by atoms with Gasteiger partial charge in [-0.2, -0.15) is 0 Å². The molecule has 0 aromatic rings. The van der Waals surface area contributed by atoms with Gasteiger partial charge in [0.2, 0.25) is 0 Å². The Morgan fingerprint density at radius 2 is 2.53 bits per heavy atom. The van der Waals surface area contributed by atoms with Crippen LogP contribution < -0.4 is 0 Å². The first-order chi connectivity index (χ1) is 7.27. The highest BCUT2D eigenvalue weighted by Crippen LogP contribution is 2.22. The van der Waals surface area contributed by atoms with E-state index in [2.05, 4.69) is 6.58 Å². The summed E-state index contributed by atoms with van der Waals surface area (Å²) in [7, 11) is 0. The molecule has 0 aromatic heterocycles. The van der Waals surface area contributed by atoms with Gasteiger partial charge in [-0.25, -0.2) is 4.79 Å². The zero-order valence-electron chi connectivity index (χ0n) is 9.20. The molecule has 1 heterocycles. The van der Waals surface area contributed by atoms with Gasteiger partial charge in [-0.3, -0.25) is 0 Å². The molecule has 15 heavy (non-hydrogen) atoms. The van der Waals surface area contributed by atoms with Crippen LogP contribution in [-0.4, -0.2) is 25.3 Å². The minimum atomic E-state index is -0.271. The number of esters is 1. The van der Waals surface area contributed by atoms with E-state index in [1.807, 2.05) is 6.08 Å². The number of hydrogen-bond donors (Lipinski definition) is 0. The van der Waals surface area contributed by atoms with Gasteiger partial charge in [0.15, 0.2) is 0 Å². The van der Waals surface area contributed by atoms with Crippen LogP contribution in [0.3, 0.4) is 0 Å². The largest absolute Gasteiger partial charge is 0.463 e. The predicted molar refractivity (Wildman–Crippen MR) is 58.5 cm³/mol. The summed E-state index contributed by atoms with van der Waals surface area (Å²) in [5.74, 6) is -0.271. The molecule has 0 N–H and O–H groups in total. The van der Waals surface area contributed by atoms with Crippen LogP contribution in [0.25, 0.3) is 0 Å². The molecular weight excluding hydrogens is 192 g/mol. The molecule has 3 nitrogen and oxygen atoms in total. The fourth-order valence-corrected chi connectivity index (χ4v) is 1.64. The van der Waals surface area contributed by atoms with Gasteiger partial charge in [-0.1, -0.05) is 6.08 Å². The summed E-state index contributed by atoms with van der Waals surface area (Å²) in [4.78, 5) is 11.3. The van der Waals surface area contributed by atoms with Crippen molar-refractivity contribution in [3.63, 3.8) is 0 Å². The number of rotatable bonds is 4. The van der Waals surface area contributed by atoms with Gasteiger partial charge in [0.05, 0.1) is 12.7 Å². The van der Waals surface area contributed by atoms with E-state index in [-0.39, 0.29) is 12.1 Å². The van der Waals surface area contributed by atoms with Crippen LogP contribution in [-0.2, 0) is 14.3 Å². The number of carbonyl (C=O) groups excluding carboxylic acids is 1. The lowest BCUT2D eigenvalue weighted by Crippen LogP contribution is -2.22. The van der Waals surface area contributed by atoms with E-state index >= 15 is 0 Å². The van der Waals surface area contributed by atoms with Crippen molar-refractivity contribution in [1.82, 2.24) is 0 Å². The van der Waals surface area contributed by atoms with Gasteiger partial charge >= 0.3 is 5.97 Å². The Hall–Kier alpha value is -1.09. The Morgan fingerprint density at radius 1 is 1.73 bits per heavy atom. The highest BCUT2D eigenvalue weighted by molar-refractivity contribution is 5.83. The first-order valence-electron chi connectivity index (χ1n) is 5.37. The van der Waals surface area contributed by atoms with Crippen molar-refractivity contribution in [3.8, 4) is 0 Å². The number of carbonyl (C=O) groups is 1. The smallest absolute Gasteiger partial charge is 0.330 e. The molecule has 0 spiro atoms. The third-order valence-corrected chi connectivity index (χ3v) is 2.31. The van der Waals surface area contributed by atoms with E-state index < -0.39 is 0 Å². The Balaban J connectivity index is 2.61. The van der Waals surface area contributed by atoms with Crippen molar-refractivity contribution in [2.45, 2.75) is 32.3 Å². The van der Waals surface area contributed by atoms with Crippen molar-refractivity contribution in [2.75, 3.05) is 13.2 Å². The molecule has 1 aliphatic heterocycles. The van der Waals surface area contributed by atoms with E-state index in [0.29, 0.717) is 6.61 Å². The van der Waals surface area contributed by atoms with E-state index in [9.17, 15) is 4.79 Å². The Bertz CT molecular complexity index is 256. The molecule has 0 saturated carbocycles. The average molecular weight is 210 g/mol. The molecule has 0 aromatic carbocycles. The third-order valence-electron chi connectivity index (χ3n) is 2.31. The Labute approximate surface area is 90.8 Å². The van der Waals surface area contributed by atoms with Crippen LogP contribution in [0.1, 0.15) is 26.2 Å². The standard InChI is InChI=1S/C12H18O3/c1-3-6-11-10(7-5-8-15-11)9-12(13)14-4-2/h3,9,11H,1,4-8H2,2H3/b10-9-. The van der Waals surface area contributed by atoms with Gasteiger partial charge in [-0.15, -0.1) is 6.58 Å². The van der Waals surface area contributed by atoms with E-state index in [4.69, 9.17) is 9.47 Å². The van der Waals surface area contributed by atoms with Crippen LogP contribution in [0.15, 0.2) is 24.3 Å². The molecule has 84 valence electrons. The van der Waals surface area contributed by atoms with Gasteiger partial charge in [0.1, 0.15) is 0 Å². The maximum Gasteiger partial charge on any atom is 0.330 e. The lowest BCUT2D eigenvalue weighted by atomic mass is 9.99. The zero-order chi connectivity index (χ0) is 11.1. The second kappa shape index (κ2) is 6.40. The maximum atomic E-state index is 11.3. The Kier molecular flexibility index (Phi) is 5.12. The first kappa shape index (κ1) is 12.0. The summed E-state index contributed by atoms with van der Waals surface area (Å²) < 4.78 is 10.4. The highest BCUT2D eigenvalue weighted by atomic mass is 16.5. The van der Waals surface area contributed by atoms with Crippen molar-refractivity contribution >= 4 is 5.97 Å². The van der Waals surface area contributed by atoms with Crippen LogP contribution in [0, 0.1) is 0 Å². The SMILES string of the molecule is C=CCC1OCCC/C1=C/C(=O)OCC. The monoisotopic (exact) mass is 210 g/mol. The van der Waals surface area contributed by atoms with E-state index in [1.165, 1.54) is 0 Å². The first-order valence-corrected chi connectivity index (χ1v) is 5.37. The van der Waals surface area contributed by atoms with Crippen LogP contribution in [0.5, 0.6) is 0 Å². The summed E-state index contributed by atoms with van der Waals surface area (Å²) in [6.07, 6.45) is 6.04. The molecule has 0 radical (unpaired) electrons. The molecular formula is C12H18O3. The van der Waals surface area contributed by atoms with Crippen molar-refractivity contribution in [2.24, 2.45) is 0 Å².